The van der Waals surface area contributed by atoms with Crippen LogP contribution < -0.4 is 10.6 Å². The second-order valence-corrected chi connectivity index (χ2v) is 8.60. The largest absolute Gasteiger partial charge is 0.326 e. The molecule has 0 bridgehead atoms. The van der Waals surface area contributed by atoms with E-state index in [0.29, 0.717) is 22.5 Å². The van der Waals surface area contributed by atoms with E-state index in [1.165, 1.54) is 6.42 Å². The smallest absolute Gasteiger partial charge is 0.258 e. The molecule has 0 saturated heterocycles. The first kappa shape index (κ1) is 21.0. The van der Waals surface area contributed by atoms with Crippen LogP contribution in [-0.4, -0.2) is 26.3 Å². The maximum absolute atomic E-state index is 13.3. The van der Waals surface area contributed by atoms with E-state index in [1.54, 1.807) is 12.1 Å². The van der Waals surface area contributed by atoms with Gasteiger partial charge < -0.3 is 15.2 Å². The highest BCUT2D eigenvalue weighted by Crippen LogP contribution is 2.26. The molecule has 1 aliphatic rings. The van der Waals surface area contributed by atoms with E-state index in [9.17, 15) is 9.59 Å². The van der Waals surface area contributed by atoms with Crippen molar-refractivity contribution in [1.29, 1.82) is 0 Å². The molecule has 0 saturated carbocycles. The Balaban J connectivity index is 1.67. The van der Waals surface area contributed by atoms with E-state index in [0.717, 1.165) is 48.5 Å². The lowest BCUT2D eigenvalue weighted by Crippen LogP contribution is -2.18. The number of carbonyl (C=O) groups is 2. The van der Waals surface area contributed by atoms with Crippen molar-refractivity contribution in [3.05, 3.63) is 46.9 Å². The number of nitrogens with one attached hydrogen (secondary N) is 2. The summed E-state index contributed by atoms with van der Waals surface area (Å²) in [7, 11) is 0. The van der Waals surface area contributed by atoms with E-state index in [-0.39, 0.29) is 17.7 Å². The van der Waals surface area contributed by atoms with Crippen molar-refractivity contribution in [1.82, 2.24) is 14.5 Å². The number of amides is 2. The Kier molecular flexibility index (Phi) is 5.76. The molecule has 0 spiro atoms. The molecule has 0 unspecified atom stereocenters. The molecular formula is C24H29N5O2. The monoisotopic (exact) mass is 419 g/mol. The number of aryl methyl sites for hydroxylation is 4. The Labute approximate surface area is 182 Å². The van der Waals surface area contributed by atoms with Crippen LogP contribution in [0, 0.1) is 19.8 Å². The highest BCUT2D eigenvalue weighted by atomic mass is 16.2. The van der Waals surface area contributed by atoms with Gasteiger partial charge in [-0.25, -0.2) is 9.97 Å². The van der Waals surface area contributed by atoms with Crippen molar-refractivity contribution in [2.24, 2.45) is 5.92 Å². The number of fused-ring (bicyclic) bond motifs is 3. The summed E-state index contributed by atoms with van der Waals surface area (Å²) in [6, 6.07) is 7.32. The number of benzene rings is 1. The summed E-state index contributed by atoms with van der Waals surface area (Å²) >= 11 is 0. The van der Waals surface area contributed by atoms with Gasteiger partial charge in [-0.05, 0) is 50.5 Å². The highest BCUT2D eigenvalue weighted by Gasteiger charge is 2.21. The number of hydrogen-bond acceptors (Lipinski definition) is 4. The predicted octanol–water partition coefficient (Wildman–Crippen LogP) is 4.62. The standard InChI is InChI=1S/C24H29N5O2/c1-14(2)23(30)26-17-10-9-15(3)19(13-17)27-24(31)18-12-16(4)25-22-21(18)28-20-8-6-5-7-11-29(20)22/h9-10,12-14H,5-8,11H2,1-4H3,(H,26,30)(H,27,31). The van der Waals surface area contributed by atoms with Crippen molar-refractivity contribution in [2.75, 3.05) is 10.6 Å². The first-order valence-electron chi connectivity index (χ1n) is 10.9. The van der Waals surface area contributed by atoms with Crippen LogP contribution in [0.2, 0.25) is 0 Å². The number of aromatic nitrogens is 3. The normalized spacial score (nSPS) is 13.7. The van der Waals surface area contributed by atoms with Gasteiger partial charge in [0.1, 0.15) is 11.3 Å². The van der Waals surface area contributed by atoms with E-state index < -0.39 is 0 Å². The highest BCUT2D eigenvalue weighted by molar-refractivity contribution is 6.11. The molecular weight excluding hydrogens is 390 g/mol. The third-order valence-electron chi connectivity index (χ3n) is 5.71. The number of nitrogens with zero attached hydrogens (tertiary/aromatic N) is 3. The van der Waals surface area contributed by atoms with Gasteiger partial charge in [-0.2, -0.15) is 0 Å². The Bertz CT molecular complexity index is 1160. The number of pyridine rings is 1. The quantitative estimate of drug-likeness (QED) is 0.646. The van der Waals surface area contributed by atoms with E-state index in [4.69, 9.17) is 9.97 Å². The summed E-state index contributed by atoms with van der Waals surface area (Å²) in [6.07, 6.45) is 4.31. The zero-order chi connectivity index (χ0) is 22.1. The summed E-state index contributed by atoms with van der Waals surface area (Å²) in [4.78, 5) is 34.8. The van der Waals surface area contributed by atoms with Crippen LogP contribution in [0.1, 0.15) is 60.5 Å². The maximum atomic E-state index is 13.3. The van der Waals surface area contributed by atoms with Gasteiger partial charge in [-0.15, -0.1) is 0 Å². The molecule has 3 heterocycles. The van der Waals surface area contributed by atoms with Gasteiger partial charge in [-0.3, -0.25) is 9.59 Å². The maximum Gasteiger partial charge on any atom is 0.258 e. The van der Waals surface area contributed by atoms with E-state index in [1.807, 2.05) is 39.8 Å². The Morgan fingerprint density at radius 3 is 2.61 bits per heavy atom. The molecule has 2 amide bonds. The minimum Gasteiger partial charge on any atom is -0.326 e. The van der Waals surface area contributed by atoms with E-state index >= 15 is 0 Å². The van der Waals surface area contributed by atoms with Crippen molar-refractivity contribution >= 4 is 34.4 Å². The average molecular weight is 420 g/mol. The summed E-state index contributed by atoms with van der Waals surface area (Å²) in [5.41, 5.74) is 5.00. The molecule has 31 heavy (non-hydrogen) atoms. The number of rotatable bonds is 4. The Morgan fingerprint density at radius 1 is 1.03 bits per heavy atom. The topological polar surface area (TPSA) is 88.9 Å². The molecule has 2 N–H and O–H groups in total. The number of hydrogen-bond donors (Lipinski definition) is 2. The molecule has 0 atom stereocenters. The summed E-state index contributed by atoms with van der Waals surface area (Å²) in [5.74, 6) is 0.601. The summed E-state index contributed by atoms with van der Waals surface area (Å²) in [5, 5.41) is 5.90. The van der Waals surface area contributed by atoms with Crippen LogP contribution in [0.3, 0.4) is 0 Å². The average Bonchev–Trinajstić information content (AvgIpc) is 2.90. The van der Waals surface area contributed by atoms with Gasteiger partial charge in [0.05, 0.1) is 5.56 Å². The first-order chi connectivity index (χ1) is 14.8. The van der Waals surface area contributed by atoms with Gasteiger partial charge in [0.2, 0.25) is 5.91 Å². The zero-order valence-electron chi connectivity index (χ0n) is 18.6. The number of anilines is 2. The molecule has 0 aliphatic carbocycles. The first-order valence-corrected chi connectivity index (χ1v) is 10.9. The molecule has 3 aromatic rings. The lowest BCUT2D eigenvalue weighted by Gasteiger charge is -2.13. The molecule has 1 aromatic carbocycles. The van der Waals surface area contributed by atoms with Crippen LogP contribution in [-0.2, 0) is 17.8 Å². The van der Waals surface area contributed by atoms with Gasteiger partial charge in [0, 0.05) is 36.0 Å². The van der Waals surface area contributed by atoms with Crippen molar-refractivity contribution in [3.63, 3.8) is 0 Å². The van der Waals surface area contributed by atoms with Gasteiger partial charge >= 0.3 is 0 Å². The number of carbonyl (C=O) groups excluding carboxylic acids is 2. The SMILES string of the molecule is Cc1cc(C(=O)Nc2cc(NC(=O)C(C)C)ccc2C)c2nc3n(c2n1)CCCCC3. The second-order valence-electron chi connectivity index (χ2n) is 8.60. The van der Waals surface area contributed by atoms with Crippen LogP contribution in [0.4, 0.5) is 11.4 Å². The molecule has 0 fully saturated rings. The zero-order valence-corrected chi connectivity index (χ0v) is 18.6. The van der Waals surface area contributed by atoms with Crippen LogP contribution in [0.15, 0.2) is 24.3 Å². The lowest BCUT2D eigenvalue weighted by molar-refractivity contribution is -0.118. The fraction of sp³-hybridized carbons (Fsp3) is 0.417. The third-order valence-corrected chi connectivity index (χ3v) is 5.71. The Hall–Kier alpha value is -3.22. The van der Waals surface area contributed by atoms with Crippen LogP contribution >= 0.6 is 0 Å². The van der Waals surface area contributed by atoms with Gasteiger partial charge in [0.25, 0.3) is 5.91 Å². The third kappa shape index (κ3) is 4.31. The lowest BCUT2D eigenvalue weighted by atomic mass is 10.1. The fourth-order valence-corrected chi connectivity index (χ4v) is 3.90. The molecule has 0 radical (unpaired) electrons. The molecule has 7 heteroatoms. The summed E-state index contributed by atoms with van der Waals surface area (Å²) < 4.78 is 2.17. The molecule has 162 valence electrons. The van der Waals surface area contributed by atoms with Crippen LogP contribution in [0.25, 0.3) is 11.2 Å². The predicted molar refractivity (Wildman–Crippen MR) is 122 cm³/mol. The van der Waals surface area contributed by atoms with Crippen LogP contribution in [0.5, 0.6) is 0 Å². The van der Waals surface area contributed by atoms with Crippen molar-refractivity contribution < 1.29 is 9.59 Å². The number of imidazole rings is 1. The minimum atomic E-state index is -0.223. The van der Waals surface area contributed by atoms with Crippen molar-refractivity contribution in [3.8, 4) is 0 Å². The molecule has 1 aliphatic heterocycles. The van der Waals surface area contributed by atoms with Gasteiger partial charge in [0.15, 0.2) is 5.65 Å². The second kappa shape index (κ2) is 8.49. The van der Waals surface area contributed by atoms with Gasteiger partial charge in [-0.1, -0.05) is 26.3 Å². The molecule has 4 rings (SSSR count). The molecule has 7 nitrogen and oxygen atoms in total. The van der Waals surface area contributed by atoms with Crippen molar-refractivity contribution in [2.45, 2.75) is 59.9 Å². The van der Waals surface area contributed by atoms with E-state index in [2.05, 4.69) is 15.2 Å². The molecule has 2 aromatic heterocycles. The summed E-state index contributed by atoms with van der Waals surface area (Å²) in [6.45, 7) is 8.40. The Morgan fingerprint density at radius 2 is 1.84 bits per heavy atom. The minimum absolute atomic E-state index is 0.0629. The fourth-order valence-electron chi connectivity index (χ4n) is 3.90.